The van der Waals surface area contributed by atoms with Crippen LogP contribution in [0.3, 0.4) is 0 Å². The SMILES string of the molecule is O=C(c1ccccc1[N+](=O)[O-])N1CCCN(Cc2ccc(Cl)cc2)CC1. The number of halogens is 1. The second kappa shape index (κ2) is 8.29. The molecule has 7 heteroatoms. The molecule has 0 aliphatic carbocycles. The Morgan fingerprint density at radius 2 is 1.77 bits per heavy atom. The highest BCUT2D eigenvalue weighted by atomic mass is 35.5. The van der Waals surface area contributed by atoms with E-state index in [1.54, 1.807) is 17.0 Å². The lowest BCUT2D eigenvalue weighted by molar-refractivity contribution is -0.385. The van der Waals surface area contributed by atoms with Gasteiger partial charge in [-0.2, -0.15) is 0 Å². The molecule has 1 heterocycles. The van der Waals surface area contributed by atoms with Gasteiger partial charge in [-0.3, -0.25) is 19.8 Å². The summed E-state index contributed by atoms with van der Waals surface area (Å²) in [6.45, 7) is 3.56. The lowest BCUT2D eigenvalue weighted by Gasteiger charge is -2.22. The summed E-state index contributed by atoms with van der Waals surface area (Å²) in [6.07, 6.45) is 0.833. The fraction of sp³-hybridized carbons (Fsp3) is 0.316. The second-order valence-electron chi connectivity index (χ2n) is 6.32. The Labute approximate surface area is 157 Å². The first-order chi connectivity index (χ1) is 12.5. The van der Waals surface area contributed by atoms with Gasteiger partial charge in [0.2, 0.25) is 0 Å². The molecule has 1 aliphatic rings. The quantitative estimate of drug-likeness (QED) is 0.606. The van der Waals surface area contributed by atoms with Crippen molar-refractivity contribution in [3.63, 3.8) is 0 Å². The molecule has 26 heavy (non-hydrogen) atoms. The van der Waals surface area contributed by atoms with Gasteiger partial charge >= 0.3 is 0 Å². The molecule has 0 atom stereocenters. The van der Waals surface area contributed by atoms with Crippen LogP contribution in [0.2, 0.25) is 5.02 Å². The summed E-state index contributed by atoms with van der Waals surface area (Å²) in [5, 5.41) is 11.9. The Hall–Kier alpha value is -2.44. The van der Waals surface area contributed by atoms with E-state index in [0.29, 0.717) is 18.1 Å². The highest BCUT2D eigenvalue weighted by molar-refractivity contribution is 6.30. The molecule has 0 N–H and O–H groups in total. The molecule has 0 bridgehead atoms. The van der Waals surface area contributed by atoms with Gasteiger partial charge < -0.3 is 4.90 Å². The summed E-state index contributed by atoms with van der Waals surface area (Å²) in [5.41, 5.74) is 1.19. The lowest BCUT2D eigenvalue weighted by atomic mass is 10.1. The Bertz CT molecular complexity index is 795. The molecule has 3 rings (SSSR count). The van der Waals surface area contributed by atoms with E-state index < -0.39 is 4.92 Å². The van der Waals surface area contributed by atoms with Crippen LogP contribution in [-0.4, -0.2) is 46.8 Å². The standard InChI is InChI=1S/C19H20ClN3O3/c20-16-8-6-15(7-9-16)14-21-10-3-11-22(13-12-21)19(24)17-4-1-2-5-18(17)23(25)26/h1-2,4-9H,3,10-14H2. The van der Waals surface area contributed by atoms with Gasteiger partial charge in [0, 0.05) is 43.8 Å². The van der Waals surface area contributed by atoms with Crippen LogP contribution in [-0.2, 0) is 6.54 Å². The Morgan fingerprint density at radius 3 is 2.50 bits per heavy atom. The van der Waals surface area contributed by atoms with Crippen LogP contribution in [0.1, 0.15) is 22.3 Å². The van der Waals surface area contributed by atoms with Crippen molar-refractivity contribution in [2.45, 2.75) is 13.0 Å². The van der Waals surface area contributed by atoms with Crippen molar-refractivity contribution in [3.05, 3.63) is 74.8 Å². The average molecular weight is 374 g/mol. The van der Waals surface area contributed by atoms with Gasteiger partial charge in [0.05, 0.1) is 4.92 Å². The monoisotopic (exact) mass is 373 g/mol. The van der Waals surface area contributed by atoms with Crippen molar-refractivity contribution in [2.75, 3.05) is 26.2 Å². The predicted octanol–water partition coefficient (Wildman–Crippen LogP) is 3.60. The second-order valence-corrected chi connectivity index (χ2v) is 6.76. The van der Waals surface area contributed by atoms with Crippen LogP contribution >= 0.6 is 11.6 Å². The zero-order valence-corrected chi connectivity index (χ0v) is 15.1. The van der Waals surface area contributed by atoms with Crippen LogP contribution in [0.15, 0.2) is 48.5 Å². The number of para-hydroxylation sites is 1. The number of rotatable bonds is 4. The summed E-state index contributed by atoms with van der Waals surface area (Å²) in [6, 6.07) is 13.9. The average Bonchev–Trinajstić information content (AvgIpc) is 2.88. The van der Waals surface area contributed by atoms with Gasteiger partial charge in [0.1, 0.15) is 5.56 Å². The molecule has 0 saturated carbocycles. The van der Waals surface area contributed by atoms with Crippen LogP contribution in [0, 0.1) is 10.1 Å². The number of nitrogens with zero attached hydrogens (tertiary/aromatic N) is 3. The Kier molecular flexibility index (Phi) is 5.85. The number of hydrogen-bond donors (Lipinski definition) is 0. The molecule has 1 fully saturated rings. The normalized spacial score (nSPS) is 15.5. The topological polar surface area (TPSA) is 66.7 Å². The zero-order valence-electron chi connectivity index (χ0n) is 14.3. The van der Waals surface area contributed by atoms with Crippen LogP contribution < -0.4 is 0 Å². The largest absolute Gasteiger partial charge is 0.337 e. The molecule has 136 valence electrons. The molecule has 0 aromatic heterocycles. The van der Waals surface area contributed by atoms with E-state index in [1.165, 1.54) is 17.7 Å². The van der Waals surface area contributed by atoms with E-state index in [-0.39, 0.29) is 17.2 Å². The first kappa shape index (κ1) is 18.4. The minimum absolute atomic E-state index is 0.139. The maximum absolute atomic E-state index is 12.8. The molecule has 6 nitrogen and oxygen atoms in total. The third-order valence-electron chi connectivity index (χ3n) is 4.53. The highest BCUT2D eigenvalue weighted by Gasteiger charge is 2.25. The van der Waals surface area contributed by atoms with E-state index in [2.05, 4.69) is 4.90 Å². The molecular weight excluding hydrogens is 354 g/mol. The smallest absolute Gasteiger partial charge is 0.282 e. The Balaban J connectivity index is 1.66. The van der Waals surface area contributed by atoms with Crippen LogP contribution in [0.4, 0.5) is 5.69 Å². The summed E-state index contributed by atoms with van der Waals surface area (Å²) in [4.78, 5) is 27.4. The molecular formula is C19H20ClN3O3. The third kappa shape index (κ3) is 4.39. The fourth-order valence-electron chi connectivity index (χ4n) is 3.16. The number of carbonyl (C=O) groups excluding carboxylic acids is 1. The van der Waals surface area contributed by atoms with Gasteiger partial charge in [-0.05, 0) is 30.2 Å². The van der Waals surface area contributed by atoms with Crippen molar-refractivity contribution < 1.29 is 9.72 Å². The first-order valence-electron chi connectivity index (χ1n) is 8.54. The van der Waals surface area contributed by atoms with E-state index >= 15 is 0 Å². The maximum Gasteiger partial charge on any atom is 0.282 e. The third-order valence-corrected chi connectivity index (χ3v) is 4.78. The molecule has 1 amide bonds. The molecule has 0 spiro atoms. The minimum Gasteiger partial charge on any atom is -0.337 e. The molecule has 0 radical (unpaired) electrons. The van der Waals surface area contributed by atoms with Gasteiger partial charge in [-0.1, -0.05) is 35.9 Å². The predicted molar refractivity (Wildman–Crippen MR) is 100 cm³/mol. The van der Waals surface area contributed by atoms with E-state index in [0.717, 1.165) is 26.1 Å². The van der Waals surface area contributed by atoms with Crippen molar-refractivity contribution in [1.29, 1.82) is 0 Å². The van der Waals surface area contributed by atoms with Crippen LogP contribution in [0.25, 0.3) is 0 Å². The first-order valence-corrected chi connectivity index (χ1v) is 8.92. The number of hydrogen-bond acceptors (Lipinski definition) is 4. The zero-order chi connectivity index (χ0) is 18.5. The highest BCUT2D eigenvalue weighted by Crippen LogP contribution is 2.21. The Morgan fingerprint density at radius 1 is 1.04 bits per heavy atom. The minimum atomic E-state index is -0.502. The van der Waals surface area contributed by atoms with Crippen molar-refractivity contribution in [3.8, 4) is 0 Å². The molecule has 2 aromatic rings. The van der Waals surface area contributed by atoms with Crippen molar-refractivity contribution in [2.24, 2.45) is 0 Å². The number of nitro benzene ring substituents is 1. The summed E-state index contributed by atoms with van der Waals surface area (Å²) in [5.74, 6) is -0.273. The van der Waals surface area contributed by atoms with Crippen molar-refractivity contribution >= 4 is 23.2 Å². The van der Waals surface area contributed by atoms with Gasteiger partial charge in [-0.25, -0.2) is 0 Å². The van der Waals surface area contributed by atoms with E-state index in [1.807, 2.05) is 24.3 Å². The van der Waals surface area contributed by atoms with E-state index in [4.69, 9.17) is 11.6 Å². The van der Waals surface area contributed by atoms with E-state index in [9.17, 15) is 14.9 Å². The molecule has 1 aliphatic heterocycles. The fourth-order valence-corrected chi connectivity index (χ4v) is 3.29. The van der Waals surface area contributed by atoms with Crippen molar-refractivity contribution in [1.82, 2.24) is 9.80 Å². The summed E-state index contributed by atoms with van der Waals surface area (Å²) < 4.78 is 0. The molecule has 0 unspecified atom stereocenters. The van der Waals surface area contributed by atoms with Gasteiger partial charge in [0.15, 0.2) is 0 Å². The molecule has 1 saturated heterocycles. The number of carbonyl (C=O) groups is 1. The van der Waals surface area contributed by atoms with Crippen LogP contribution in [0.5, 0.6) is 0 Å². The lowest BCUT2D eigenvalue weighted by Crippen LogP contribution is -2.35. The maximum atomic E-state index is 12.8. The number of benzene rings is 2. The molecule has 2 aromatic carbocycles. The number of amides is 1. The van der Waals surface area contributed by atoms with Gasteiger partial charge in [0.25, 0.3) is 11.6 Å². The number of nitro groups is 1. The summed E-state index contributed by atoms with van der Waals surface area (Å²) >= 11 is 5.92. The summed E-state index contributed by atoms with van der Waals surface area (Å²) in [7, 11) is 0. The van der Waals surface area contributed by atoms with Gasteiger partial charge in [-0.15, -0.1) is 0 Å².